The van der Waals surface area contributed by atoms with Crippen LogP contribution in [0.2, 0.25) is 0 Å². The highest BCUT2D eigenvalue weighted by Crippen LogP contribution is 2.23. The first-order valence-corrected chi connectivity index (χ1v) is 9.39. The van der Waals surface area contributed by atoms with Crippen LogP contribution >= 0.6 is 11.3 Å². The Balaban J connectivity index is 1.39. The Morgan fingerprint density at radius 2 is 2.04 bits per heavy atom. The van der Waals surface area contributed by atoms with E-state index in [0.29, 0.717) is 5.82 Å². The summed E-state index contributed by atoms with van der Waals surface area (Å²) in [6, 6.07) is 0. The van der Waals surface area contributed by atoms with Crippen molar-refractivity contribution in [2.75, 3.05) is 6.54 Å². The Kier molecular flexibility index (Phi) is 3.72. The minimum Gasteiger partial charge on any atom is -0.293 e. The third-order valence-corrected chi connectivity index (χ3v) is 5.52. The molecule has 0 unspecified atom stereocenters. The molecular formula is C18H17N7S. The molecule has 0 bridgehead atoms. The number of hydrogen-bond donors (Lipinski definition) is 0. The Morgan fingerprint density at radius 3 is 2.92 bits per heavy atom. The molecule has 1 aliphatic rings. The van der Waals surface area contributed by atoms with Crippen molar-refractivity contribution < 1.29 is 0 Å². The van der Waals surface area contributed by atoms with Crippen molar-refractivity contribution in [3.05, 3.63) is 59.1 Å². The summed E-state index contributed by atoms with van der Waals surface area (Å²) >= 11 is 1.68. The molecule has 0 N–H and O–H groups in total. The van der Waals surface area contributed by atoms with E-state index in [4.69, 9.17) is 4.98 Å². The lowest BCUT2D eigenvalue weighted by Gasteiger charge is -2.28. The molecule has 0 radical (unpaired) electrons. The second-order valence-electron chi connectivity index (χ2n) is 6.45. The zero-order chi connectivity index (χ0) is 17.5. The van der Waals surface area contributed by atoms with Gasteiger partial charge in [-0.2, -0.15) is 0 Å². The van der Waals surface area contributed by atoms with Crippen LogP contribution in [0.1, 0.15) is 22.6 Å². The Labute approximate surface area is 154 Å². The number of rotatable bonds is 3. The number of nitrogens with zero attached hydrogens (tertiary/aromatic N) is 7. The standard InChI is InChI=1S/C18H17N7S/c1-12-16(25-4-5-26-18(25)22-12)10-24-3-2-15-14(9-24)8-21-17(23-15)13-6-19-11-20-7-13/h4-8,11H,2-3,9-10H2,1H3. The summed E-state index contributed by atoms with van der Waals surface area (Å²) < 4.78 is 2.20. The minimum atomic E-state index is 0.699. The van der Waals surface area contributed by atoms with Gasteiger partial charge in [-0.25, -0.2) is 24.9 Å². The molecule has 5 heterocycles. The minimum absolute atomic E-state index is 0.699. The molecule has 7 nitrogen and oxygen atoms in total. The summed E-state index contributed by atoms with van der Waals surface area (Å²) in [5.41, 5.74) is 5.55. The van der Waals surface area contributed by atoms with Crippen molar-refractivity contribution in [3.8, 4) is 11.4 Å². The van der Waals surface area contributed by atoms with Gasteiger partial charge in [0, 0.05) is 61.8 Å². The van der Waals surface area contributed by atoms with Crippen molar-refractivity contribution in [1.82, 2.24) is 34.2 Å². The van der Waals surface area contributed by atoms with Gasteiger partial charge in [0.1, 0.15) is 6.33 Å². The predicted octanol–water partition coefficient (Wildman–Crippen LogP) is 2.51. The van der Waals surface area contributed by atoms with Gasteiger partial charge < -0.3 is 0 Å². The molecular weight excluding hydrogens is 346 g/mol. The zero-order valence-corrected chi connectivity index (χ0v) is 15.1. The fourth-order valence-corrected chi connectivity index (χ4v) is 4.18. The topological polar surface area (TPSA) is 72.1 Å². The molecule has 0 spiro atoms. The van der Waals surface area contributed by atoms with E-state index in [2.05, 4.69) is 47.7 Å². The molecule has 4 aromatic rings. The van der Waals surface area contributed by atoms with Gasteiger partial charge in [0.05, 0.1) is 22.6 Å². The fourth-order valence-electron chi connectivity index (χ4n) is 3.41. The van der Waals surface area contributed by atoms with Gasteiger partial charge in [0.2, 0.25) is 0 Å². The quantitative estimate of drug-likeness (QED) is 0.557. The third-order valence-electron chi connectivity index (χ3n) is 4.77. The van der Waals surface area contributed by atoms with Crippen LogP contribution in [-0.4, -0.2) is 40.8 Å². The van der Waals surface area contributed by atoms with Crippen molar-refractivity contribution >= 4 is 16.3 Å². The summed E-state index contributed by atoms with van der Waals surface area (Å²) in [6.07, 6.45) is 9.98. The van der Waals surface area contributed by atoms with Gasteiger partial charge in [-0.1, -0.05) is 0 Å². The largest absolute Gasteiger partial charge is 0.293 e. The molecule has 0 aromatic carbocycles. The van der Waals surface area contributed by atoms with Gasteiger partial charge >= 0.3 is 0 Å². The summed E-state index contributed by atoms with van der Waals surface area (Å²) in [6.45, 7) is 4.81. The normalized spacial score (nSPS) is 14.7. The van der Waals surface area contributed by atoms with Gasteiger partial charge in [-0.3, -0.25) is 9.30 Å². The van der Waals surface area contributed by atoms with Crippen LogP contribution in [0.15, 0.2) is 36.5 Å². The van der Waals surface area contributed by atoms with Crippen LogP contribution in [0.5, 0.6) is 0 Å². The molecule has 5 rings (SSSR count). The number of thiazole rings is 1. The lowest BCUT2D eigenvalue weighted by Crippen LogP contribution is -2.31. The molecule has 4 aromatic heterocycles. The molecule has 0 atom stereocenters. The molecule has 0 saturated heterocycles. The second kappa shape index (κ2) is 6.22. The number of aryl methyl sites for hydroxylation is 1. The van der Waals surface area contributed by atoms with E-state index in [-0.39, 0.29) is 0 Å². The van der Waals surface area contributed by atoms with Crippen molar-refractivity contribution in [2.45, 2.75) is 26.4 Å². The SMILES string of the molecule is Cc1nc2sccn2c1CN1CCc2nc(-c3cncnc3)ncc2C1. The summed E-state index contributed by atoms with van der Waals surface area (Å²) in [7, 11) is 0. The third kappa shape index (κ3) is 2.67. The highest BCUT2D eigenvalue weighted by molar-refractivity contribution is 7.15. The molecule has 8 heteroatoms. The lowest BCUT2D eigenvalue weighted by atomic mass is 10.1. The lowest BCUT2D eigenvalue weighted by molar-refractivity contribution is 0.239. The van der Waals surface area contributed by atoms with Crippen LogP contribution in [0.25, 0.3) is 16.3 Å². The smallest absolute Gasteiger partial charge is 0.194 e. The van der Waals surface area contributed by atoms with Crippen LogP contribution in [0, 0.1) is 6.92 Å². The van der Waals surface area contributed by atoms with Crippen LogP contribution in [-0.2, 0) is 19.5 Å². The monoisotopic (exact) mass is 363 g/mol. The Bertz CT molecular complexity index is 1070. The summed E-state index contributed by atoms with van der Waals surface area (Å²) in [5.74, 6) is 0.699. The van der Waals surface area contributed by atoms with Gasteiger partial charge in [-0.15, -0.1) is 11.3 Å². The fraction of sp³-hybridized carbons (Fsp3) is 0.278. The van der Waals surface area contributed by atoms with Crippen molar-refractivity contribution in [1.29, 1.82) is 0 Å². The van der Waals surface area contributed by atoms with E-state index >= 15 is 0 Å². The maximum absolute atomic E-state index is 4.74. The van der Waals surface area contributed by atoms with E-state index in [1.165, 1.54) is 17.6 Å². The molecule has 0 fully saturated rings. The van der Waals surface area contributed by atoms with Crippen LogP contribution < -0.4 is 0 Å². The summed E-state index contributed by atoms with van der Waals surface area (Å²) in [5, 5.41) is 2.08. The second-order valence-corrected chi connectivity index (χ2v) is 7.33. The van der Waals surface area contributed by atoms with E-state index in [9.17, 15) is 0 Å². The van der Waals surface area contributed by atoms with Crippen molar-refractivity contribution in [2.24, 2.45) is 0 Å². The number of imidazole rings is 1. The molecule has 1 aliphatic heterocycles. The number of aromatic nitrogens is 6. The van der Waals surface area contributed by atoms with Crippen LogP contribution in [0.4, 0.5) is 0 Å². The maximum Gasteiger partial charge on any atom is 0.194 e. The van der Waals surface area contributed by atoms with Gasteiger partial charge in [-0.05, 0) is 6.92 Å². The molecule has 0 amide bonds. The molecule has 0 aliphatic carbocycles. The molecule has 26 heavy (non-hydrogen) atoms. The highest BCUT2D eigenvalue weighted by atomic mass is 32.1. The number of fused-ring (bicyclic) bond motifs is 2. The Morgan fingerprint density at radius 1 is 1.15 bits per heavy atom. The average molecular weight is 363 g/mol. The van der Waals surface area contributed by atoms with Crippen LogP contribution in [0.3, 0.4) is 0 Å². The van der Waals surface area contributed by atoms with Crippen molar-refractivity contribution in [3.63, 3.8) is 0 Å². The van der Waals surface area contributed by atoms with E-state index in [0.717, 1.165) is 48.0 Å². The molecule has 130 valence electrons. The van der Waals surface area contributed by atoms with Gasteiger partial charge in [0.15, 0.2) is 10.8 Å². The van der Waals surface area contributed by atoms with E-state index in [1.54, 1.807) is 23.7 Å². The van der Waals surface area contributed by atoms with E-state index < -0.39 is 0 Å². The first-order chi connectivity index (χ1) is 12.8. The number of hydrogen-bond acceptors (Lipinski definition) is 7. The maximum atomic E-state index is 4.74. The Hall–Kier alpha value is -2.71. The highest BCUT2D eigenvalue weighted by Gasteiger charge is 2.21. The average Bonchev–Trinajstić information content (AvgIpc) is 3.24. The zero-order valence-electron chi connectivity index (χ0n) is 14.3. The first-order valence-electron chi connectivity index (χ1n) is 8.51. The van der Waals surface area contributed by atoms with E-state index in [1.807, 2.05) is 6.20 Å². The molecule has 0 saturated carbocycles. The van der Waals surface area contributed by atoms with Gasteiger partial charge in [0.25, 0.3) is 0 Å². The summed E-state index contributed by atoms with van der Waals surface area (Å²) in [4.78, 5) is 25.5. The first kappa shape index (κ1) is 15.5. The predicted molar refractivity (Wildman–Crippen MR) is 98.7 cm³/mol.